The molecule has 0 saturated carbocycles. The fraction of sp³-hybridized carbons (Fsp3) is 0.143. The molecule has 7 heteroatoms. The predicted molar refractivity (Wildman–Crippen MR) is 48.4 cm³/mol. The van der Waals surface area contributed by atoms with Gasteiger partial charge in [0.2, 0.25) is 0 Å². The van der Waals surface area contributed by atoms with E-state index in [0.29, 0.717) is 0 Å². The number of hydrazine groups is 1. The number of benzene rings is 1. The molecule has 0 atom stereocenters. The molecular formula is C7H8N2O4S. The van der Waals surface area contributed by atoms with Crippen molar-refractivity contribution < 1.29 is 13.5 Å². The van der Waals surface area contributed by atoms with Crippen LogP contribution in [0.3, 0.4) is 0 Å². The molecule has 14 heavy (non-hydrogen) atoms. The van der Waals surface area contributed by atoms with Gasteiger partial charge in [-0.15, -0.1) is 0 Å². The lowest BCUT2D eigenvalue weighted by molar-refractivity contribution is -0.613. The first-order valence-corrected chi connectivity index (χ1v) is 5.08. The lowest BCUT2D eigenvalue weighted by Crippen LogP contribution is -2.32. The van der Waals surface area contributed by atoms with E-state index in [9.17, 15) is 18.5 Å². The van der Waals surface area contributed by atoms with E-state index in [1.807, 2.05) is 0 Å². The number of nitro groups is 1. The topological polar surface area (TPSA) is 80.5 Å². The van der Waals surface area contributed by atoms with Crippen LogP contribution in [0.1, 0.15) is 0 Å². The normalized spacial score (nSPS) is 10.9. The fourth-order valence-corrected chi connectivity index (χ4v) is 1.81. The van der Waals surface area contributed by atoms with E-state index in [2.05, 4.69) is 0 Å². The van der Waals surface area contributed by atoms with Gasteiger partial charge in [-0.25, -0.2) is 10.1 Å². The molecule has 1 aromatic rings. The SMILES string of the molecule is CN([N+](=O)[O-])S(=O)(=O)c1ccccc1. The number of rotatable bonds is 3. The van der Waals surface area contributed by atoms with Crippen LogP contribution in [0.2, 0.25) is 0 Å². The van der Waals surface area contributed by atoms with Crippen molar-refractivity contribution in [1.82, 2.24) is 4.41 Å². The van der Waals surface area contributed by atoms with Crippen molar-refractivity contribution in [3.8, 4) is 0 Å². The van der Waals surface area contributed by atoms with E-state index in [4.69, 9.17) is 0 Å². The Morgan fingerprint density at radius 3 is 2.21 bits per heavy atom. The minimum atomic E-state index is -4.00. The van der Waals surface area contributed by atoms with Crippen LogP contribution in [0, 0.1) is 10.1 Å². The smallest absolute Gasteiger partial charge is 0.234 e. The first kappa shape index (κ1) is 10.5. The number of nitrogens with zero attached hydrogens (tertiary/aromatic N) is 2. The molecule has 0 fully saturated rings. The van der Waals surface area contributed by atoms with Crippen LogP contribution in [0.15, 0.2) is 35.2 Å². The molecule has 1 aromatic carbocycles. The summed E-state index contributed by atoms with van der Waals surface area (Å²) in [6, 6.07) is 7.23. The summed E-state index contributed by atoms with van der Waals surface area (Å²) in [4.78, 5) is 10.2. The Kier molecular flexibility index (Phi) is 2.70. The van der Waals surface area contributed by atoms with E-state index in [1.165, 1.54) is 24.3 Å². The third-order valence-corrected chi connectivity index (χ3v) is 3.32. The largest absolute Gasteiger partial charge is 0.313 e. The van der Waals surface area contributed by atoms with E-state index in [-0.39, 0.29) is 9.31 Å². The highest BCUT2D eigenvalue weighted by Gasteiger charge is 2.27. The maximum Gasteiger partial charge on any atom is 0.313 e. The van der Waals surface area contributed by atoms with E-state index in [1.54, 1.807) is 6.07 Å². The Labute approximate surface area is 80.9 Å². The van der Waals surface area contributed by atoms with Crippen molar-refractivity contribution in [3.05, 3.63) is 40.4 Å². The highest BCUT2D eigenvalue weighted by atomic mass is 32.2. The van der Waals surface area contributed by atoms with Crippen molar-refractivity contribution in [3.63, 3.8) is 0 Å². The lowest BCUT2D eigenvalue weighted by atomic mass is 10.4. The third kappa shape index (κ3) is 1.82. The summed E-state index contributed by atoms with van der Waals surface area (Å²) >= 11 is 0. The molecular weight excluding hydrogens is 208 g/mol. The van der Waals surface area contributed by atoms with Gasteiger partial charge >= 0.3 is 10.0 Å². The average Bonchev–Trinajstić information content (AvgIpc) is 2.18. The quantitative estimate of drug-likeness (QED) is 0.544. The standard InChI is InChI=1S/C7H8N2O4S/c1-8(9(10)11)14(12,13)7-5-3-2-4-6-7/h2-6H,1H3. The molecule has 0 bridgehead atoms. The van der Waals surface area contributed by atoms with Gasteiger partial charge in [-0.3, -0.25) is 0 Å². The van der Waals surface area contributed by atoms with Gasteiger partial charge in [0.15, 0.2) is 5.03 Å². The van der Waals surface area contributed by atoms with Gasteiger partial charge in [0.05, 0.1) is 11.9 Å². The summed E-state index contributed by atoms with van der Waals surface area (Å²) in [5, 5.41) is 9.29. The van der Waals surface area contributed by atoms with Crippen LogP contribution >= 0.6 is 0 Å². The molecule has 0 aliphatic heterocycles. The zero-order valence-corrected chi connectivity index (χ0v) is 8.14. The van der Waals surface area contributed by atoms with Gasteiger partial charge in [0.1, 0.15) is 0 Å². The third-order valence-electron chi connectivity index (χ3n) is 1.62. The first-order chi connectivity index (χ1) is 6.46. The molecule has 0 amide bonds. The molecule has 0 radical (unpaired) electrons. The Bertz CT molecular complexity index is 428. The van der Waals surface area contributed by atoms with Crippen LogP contribution in [-0.4, -0.2) is 24.9 Å². The van der Waals surface area contributed by atoms with Gasteiger partial charge in [-0.05, 0) is 16.5 Å². The molecule has 1 rings (SSSR count). The zero-order chi connectivity index (χ0) is 10.8. The zero-order valence-electron chi connectivity index (χ0n) is 7.32. The maximum absolute atomic E-state index is 11.5. The van der Waals surface area contributed by atoms with Crippen LogP contribution in [0.4, 0.5) is 0 Å². The molecule has 0 saturated heterocycles. The van der Waals surface area contributed by atoms with Crippen LogP contribution < -0.4 is 0 Å². The summed E-state index contributed by atoms with van der Waals surface area (Å²) in [6.07, 6.45) is 0. The molecule has 0 aliphatic rings. The molecule has 0 N–H and O–H groups in total. The average molecular weight is 216 g/mol. The van der Waals surface area contributed by atoms with Crippen molar-refractivity contribution in [2.45, 2.75) is 4.90 Å². The summed E-state index contributed by atoms with van der Waals surface area (Å²) in [5.41, 5.74) is 0. The second kappa shape index (κ2) is 3.62. The van der Waals surface area contributed by atoms with Crippen molar-refractivity contribution in [2.24, 2.45) is 0 Å². The fourth-order valence-electron chi connectivity index (χ4n) is 0.833. The Morgan fingerprint density at radius 1 is 1.29 bits per heavy atom. The molecule has 6 nitrogen and oxygen atoms in total. The van der Waals surface area contributed by atoms with Gasteiger partial charge in [0.25, 0.3) is 0 Å². The highest BCUT2D eigenvalue weighted by molar-refractivity contribution is 7.89. The molecule has 0 aromatic heterocycles. The second-order valence-corrected chi connectivity index (χ2v) is 4.44. The summed E-state index contributed by atoms with van der Waals surface area (Å²) in [6.45, 7) is 0. The molecule has 0 aliphatic carbocycles. The number of hydrogen-bond acceptors (Lipinski definition) is 4. The molecule has 0 heterocycles. The van der Waals surface area contributed by atoms with Crippen molar-refractivity contribution >= 4 is 10.0 Å². The van der Waals surface area contributed by atoms with Crippen LogP contribution in [0.5, 0.6) is 0 Å². The number of hydrogen-bond donors (Lipinski definition) is 0. The first-order valence-electron chi connectivity index (χ1n) is 3.64. The van der Waals surface area contributed by atoms with Crippen LogP contribution in [0.25, 0.3) is 0 Å². The minimum absolute atomic E-state index is 0.0856. The van der Waals surface area contributed by atoms with E-state index >= 15 is 0 Å². The Balaban J connectivity index is 3.16. The lowest BCUT2D eigenvalue weighted by Gasteiger charge is -2.08. The summed E-state index contributed by atoms with van der Waals surface area (Å²) in [7, 11) is -3.11. The Hall–Kier alpha value is -1.63. The molecule has 0 spiro atoms. The van der Waals surface area contributed by atoms with Gasteiger partial charge in [0, 0.05) is 0 Å². The van der Waals surface area contributed by atoms with Crippen LogP contribution in [-0.2, 0) is 10.0 Å². The van der Waals surface area contributed by atoms with E-state index in [0.717, 1.165) is 7.05 Å². The maximum atomic E-state index is 11.5. The predicted octanol–water partition coefficient (Wildman–Crippen LogP) is 0.499. The minimum Gasteiger partial charge on any atom is -0.234 e. The van der Waals surface area contributed by atoms with Crippen molar-refractivity contribution in [2.75, 3.05) is 7.05 Å². The molecule has 76 valence electrons. The number of sulfonamides is 1. The summed E-state index contributed by atoms with van der Waals surface area (Å²) < 4.78 is 23.0. The van der Waals surface area contributed by atoms with Gasteiger partial charge in [-0.1, -0.05) is 18.2 Å². The highest BCUT2D eigenvalue weighted by Crippen LogP contribution is 2.12. The van der Waals surface area contributed by atoms with Gasteiger partial charge < -0.3 is 0 Å². The van der Waals surface area contributed by atoms with Crippen molar-refractivity contribution in [1.29, 1.82) is 0 Å². The van der Waals surface area contributed by atoms with E-state index < -0.39 is 15.1 Å². The second-order valence-electron chi connectivity index (χ2n) is 2.49. The summed E-state index contributed by atoms with van der Waals surface area (Å²) in [5.74, 6) is 0. The molecule has 0 unspecified atom stereocenters. The Morgan fingerprint density at radius 2 is 1.79 bits per heavy atom. The monoisotopic (exact) mass is 216 g/mol. The van der Waals surface area contributed by atoms with Gasteiger partial charge in [-0.2, -0.15) is 8.42 Å².